The van der Waals surface area contributed by atoms with E-state index in [1.807, 2.05) is 24.3 Å². The van der Waals surface area contributed by atoms with Crippen molar-refractivity contribution in [3.63, 3.8) is 0 Å². The smallest absolute Gasteiger partial charge is 0.263 e. The van der Waals surface area contributed by atoms with E-state index in [1.54, 1.807) is 7.11 Å². The molecule has 1 amide bonds. The molecule has 0 bridgehead atoms. The van der Waals surface area contributed by atoms with Crippen LogP contribution in [0.4, 0.5) is 5.69 Å². The molecule has 0 radical (unpaired) electrons. The Morgan fingerprint density at radius 3 is 3.05 bits per heavy atom. The Labute approximate surface area is 118 Å². The molecular formula is C15H20N2O3. The van der Waals surface area contributed by atoms with E-state index in [0.717, 1.165) is 30.7 Å². The van der Waals surface area contributed by atoms with Crippen LogP contribution in [0.3, 0.4) is 0 Å². The van der Waals surface area contributed by atoms with Gasteiger partial charge in [-0.25, -0.2) is 0 Å². The monoisotopic (exact) mass is 276 g/mol. The first kappa shape index (κ1) is 13.2. The quantitative estimate of drug-likeness (QED) is 0.879. The zero-order chi connectivity index (χ0) is 13.9. The number of hydrogen-bond donors (Lipinski definition) is 2. The van der Waals surface area contributed by atoms with Gasteiger partial charge in [0.05, 0.1) is 18.3 Å². The predicted molar refractivity (Wildman–Crippen MR) is 75.9 cm³/mol. The van der Waals surface area contributed by atoms with Crippen molar-refractivity contribution in [3.8, 4) is 5.75 Å². The van der Waals surface area contributed by atoms with Gasteiger partial charge in [-0.15, -0.1) is 0 Å². The van der Waals surface area contributed by atoms with Crippen molar-refractivity contribution in [2.24, 2.45) is 0 Å². The number of rotatable bonds is 3. The van der Waals surface area contributed by atoms with Crippen molar-refractivity contribution in [3.05, 3.63) is 24.3 Å². The molecule has 0 aromatic heterocycles. The third-order valence-corrected chi connectivity index (χ3v) is 3.99. The molecule has 1 heterocycles. The van der Waals surface area contributed by atoms with Crippen molar-refractivity contribution in [2.45, 2.75) is 37.5 Å². The number of fused-ring (bicyclic) bond motifs is 1. The lowest BCUT2D eigenvalue weighted by molar-refractivity contribution is -0.128. The van der Waals surface area contributed by atoms with Crippen LogP contribution in [-0.4, -0.2) is 37.8 Å². The lowest BCUT2D eigenvalue weighted by Crippen LogP contribution is -2.47. The van der Waals surface area contributed by atoms with Gasteiger partial charge >= 0.3 is 0 Å². The first-order chi connectivity index (χ1) is 9.76. The van der Waals surface area contributed by atoms with Crippen molar-refractivity contribution in [1.82, 2.24) is 5.32 Å². The number of para-hydroxylation sites is 2. The van der Waals surface area contributed by atoms with Gasteiger partial charge in [-0.3, -0.25) is 4.79 Å². The summed E-state index contributed by atoms with van der Waals surface area (Å²) in [5.74, 6) is 0.689. The Bertz CT molecular complexity index is 492. The fourth-order valence-electron chi connectivity index (χ4n) is 2.84. The van der Waals surface area contributed by atoms with Gasteiger partial charge in [0.2, 0.25) is 0 Å². The summed E-state index contributed by atoms with van der Waals surface area (Å²) in [5, 5.41) is 6.29. The van der Waals surface area contributed by atoms with Crippen LogP contribution in [0.25, 0.3) is 0 Å². The minimum atomic E-state index is -0.466. The summed E-state index contributed by atoms with van der Waals surface area (Å²) in [4.78, 5) is 12.2. The number of methoxy groups -OCH3 is 1. The molecule has 5 heteroatoms. The summed E-state index contributed by atoms with van der Waals surface area (Å²) in [6.45, 7) is 0.503. The highest BCUT2D eigenvalue weighted by Crippen LogP contribution is 2.28. The fourth-order valence-corrected chi connectivity index (χ4v) is 2.84. The molecule has 0 saturated heterocycles. The average molecular weight is 276 g/mol. The lowest BCUT2D eigenvalue weighted by Gasteiger charge is -2.27. The van der Waals surface area contributed by atoms with Gasteiger partial charge in [-0.1, -0.05) is 12.1 Å². The number of amides is 1. The molecule has 2 N–H and O–H groups in total. The number of carbonyl (C=O) groups excluding carboxylic acids is 1. The Hall–Kier alpha value is -1.75. The number of anilines is 1. The second kappa shape index (κ2) is 5.71. The van der Waals surface area contributed by atoms with Gasteiger partial charge in [0.15, 0.2) is 6.10 Å². The Kier molecular flexibility index (Phi) is 3.78. The van der Waals surface area contributed by atoms with Crippen molar-refractivity contribution >= 4 is 11.6 Å². The average Bonchev–Trinajstić information content (AvgIpc) is 2.94. The van der Waals surface area contributed by atoms with Crippen LogP contribution in [0.1, 0.15) is 19.3 Å². The molecule has 2 aliphatic rings. The minimum Gasteiger partial charge on any atom is -0.477 e. The van der Waals surface area contributed by atoms with Crippen LogP contribution >= 0.6 is 0 Å². The van der Waals surface area contributed by atoms with E-state index in [1.165, 1.54) is 0 Å². The first-order valence-electron chi connectivity index (χ1n) is 7.09. The summed E-state index contributed by atoms with van der Waals surface area (Å²) in [6, 6.07) is 7.87. The van der Waals surface area contributed by atoms with Gasteiger partial charge in [-0.05, 0) is 31.4 Å². The molecule has 1 aliphatic carbocycles. The molecule has 3 unspecified atom stereocenters. The number of ether oxygens (including phenoxy) is 2. The zero-order valence-corrected chi connectivity index (χ0v) is 11.6. The van der Waals surface area contributed by atoms with E-state index >= 15 is 0 Å². The van der Waals surface area contributed by atoms with Crippen LogP contribution in [0.2, 0.25) is 0 Å². The second-order valence-electron chi connectivity index (χ2n) is 5.36. The Morgan fingerprint density at radius 2 is 2.25 bits per heavy atom. The van der Waals surface area contributed by atoms with Crippen molar-refractivity contribution in [2.75, 3.05) is 19.0 Å². The molecule has 1 saturated carbocycles. The largest absolute Gasteiger partial charge is 0.477 e. The van der Waals surface area contributed by atoms with E-state index in [-0.39, 0.29) is 18.1 Å². The maximum Gasteiger partial charge on any atom is 0.263 e. The predicted octanol–water partition coefficient (Wildman–Crippen LogP) is 1.54. The third-order valence-electron chi connectivity index (χ3n) is 3.99. The summed E-state index contributed by atoms with van der Waals surface area (Å²) < 4.78 is 11.1. The topological polar surface area (TPSA) is 59.6 Å². The summed E-state index contributed by atoms with van der Waals surface area (Å²) in [5.41, 5.74) is 0.942. The SMILES string of the molecule is COC1CCC(NC(=O)C2CNc3ccccc3O2)C1. The summed E-state index contributed by atoms with van der Waals surface area (Å²) in [6.07, 6.45) is 2.67. The Balaban J connectivity index is 1.57. The lowest BCUT2D eigenvalue weighted by atomic mass is 10.2. The fraction of sp³-hybridized carbons (Fsp3) is 0.533. The highest BCUT2D eigenvalue weighted by Gasteiger charge is 2.30. The van der Waals surface area contributed by atoms with Crippen LogP contribution in [0.15, 0.2) is 24.3 Å². The minimum absolute atomic E-state index is 0.0474. The van der Waals surface area contributed by atoms with E-state index in [9.17, 15) is 4.79 Å². The maximum atomic E-state index is 12.2. The van der Waals surface area contributed by atoms with Crippen LogP contribution in [0.5, 0.6) is 5.75 Å². The molecule has 1 aromatic rings. The van der Waals surface area contributed by atoms with Crippen LogP contribution in [0, 0.1) is 0 Å². The molecule has 1 aliphatic heterocycles. The molecule has 108 valence electrons. The highest BCUT2D eigenvalue weighted by molar-refractivity contribution is 5.83. The molecule has 3 atom stereocenters. The normalized spacial score (nSPS) is 28.1. The Morgan fingerprint density at radius 1 is 1.40 bits per heavy atom. The summed E-state index contributed by atoms with van der Waals surface area (Å²) >= 11 is 0. The number of carbonyl (C=O) groups is 1. The molecular weight excluding hydrogens is 256 g/mol. The molecule has 1 fully saturated rings. The number of nitrogens with one attached hydrogen (secondary N) is 2. The maximum absolute atomic E-state index is 12.2. The molecule has 20 heavy (non-hydrogen) atoms. The van der Waals surface area contributed by atoms with E-state index in [4.69, 9.17) is 9.47 Å². The number of benzene rings is 1. The highest BCUT2D eigenvalue weighted by atomic mass is 16.5. The molecule has 1 aromatic carbocycles. The standard InChI is InChI=1S/C15H20N2O3/c1-19-11-7-6-10(8-11)17-15(18)14-9-16-12-4-2-3-5-13(12)20-14/h2-5,10-11,14,16H,6-9H2,1H3,(H,17,18). The van der Waals surface area contributed by atoms with Crippen molar-refractivity contribution < 1.29 is 14.3 Å². The van der Waals surface area contributed by atoms with Crippen LogP contribution in [-0.2, 0) is 9.53 Å². The van der Waals surface area contributed by atoms with Gasteiger partial charge < -0.3 is 20.1 Å². The molecule has 3 rings (SSSR count). The van der Waals surface area contributed by atoms with Gasteiger partial charge in [-0.2, -0.15) is 0 Å². The molecule has 0 spiro atoms. The number of hydrogen-bond acceptors (Lipinski definition) is 4. The van der Waals surface area contributed by atoms with E-state index in [0.29, 0.717) is 6.54 Å². The second-order valence-corrected chi connectivity index (χ2v) is 5.36. The van der Waals surface area contributed by atoms with Gasteiger partial charge in [0, 0.05) is 13.2 Å². The summed E-state index contributed by atoms with van der Waals surface area (Å²) in [7, 11) is 1.72. The van der Waals surface area contributed by atoms with E-state index < -0.39 is 6.10 Å². The molecule has 5 nitrogen and oxygen atoms in total. The van der Waals surface area contributed by atoms with E-state index in [2.05, 4.69) is 10.6 Å². The van der Waals surface area contributed by atoms with Gasteiger partial charge in [0.25, 0.3) is 5.91 Å². The third kappa shape index (κ3) is 2.72. The van der Waals surface area contributed by atoms with Crippen molar-refractivity contribution in [1.29, 1.82) is 0 Å². The first-order valence-corrected chi connectivity index (χ1v) is 7.09. The van der Waals surface area contributed by atoms with Gasteiger partial charge in [0.1, 0.15) is 5.75 Å². The zero-order valence-electron chi connectivity index (χ0n) is 11.6. The van der Waals surface area contributed by atoms with Crippen LogP contribution < -0.4 is 15.4 Å².